The Kier molecular flexibility index (Phi) is 10.5. The van der Waals surface area contributed by atoms with Gasteiger partial charge >= 0.3 is 6.18 Å². The lowest BCUT2D eigenvalue weighted by Crippen LogP contribution is -2.67. The minimum absolute atomic E-state index is 0.0346. The van der Waals surface area contributed by atoms with Crippen LogP contribution in [-0.4, -0.2) is 90.6 Å². The van der Waals surface area contributed by atoms with Gasteiger partial charge in [0.2, 0.25) is 5.91 Å². The van der Waals surface area contributed by atoms with Gasteiger partial charge in [-0.15, -0.1) is 0 Å². The van der Waals surface area contributed by atoms with Gasteiger partial charge in [-0.05, 0) is 123 Å². The molecule has 5 aliphatic carbocycles. The Morgan fingerprint density at radius 2 is 1.88 bits per heavy atom. The van der Waals surface area contributed by atoms with Crippen LogP contribution in [0.5, 0.6) is 0 Å². The molecule has 7 aliphatic rings. The number of fused-ring (bicyclic) bond motifs is 5. The number of morpholine rings is 1. The van der Waals surface area contributed by atoms with E-state index in [1.807, 2.05) is 4.90 Å². The zero-order valence-electron chi connectivity index (χ0n) is 31.8. The number of halogens is 3. The lowest BCUT2D eigenvalue weighted by molar-refractivity contribution is -0.251. The van der Waals surface area contributed by atoms with Crippen molar-refractivity contribution < 1.29 is 37.3 Å². The number of aliphatic hydroxyl groups is 1. The number of nitrogens with two attached hydrogens (primary N) is 1. The van der Waals surface area contributed by atoms with Crippen molar-refractivity contribution in [3.8, 4) is 0 Å². The van der Waals surface area contributed by atoms with E-state index in [0.717, 1.165) is 57.8 Å². The third-order valence-electron chi connectivity index (χ3n) is 15.8. The van der Waals surface area contributed by atoms with Gasteiger partial charge in [0.15, 0.2) is 6.29 Å². The number of nitrogens with zero attached hydrogens (tertiary/aromatic N) is 1. The van der Waals surface area contributed by atoms with E-state index in [4.69, 9.17) is 19.9 Å². The van der Waals surface area contributed by atoms with E-state index < -0.39 is 24.2 Å². The molecule has 0 aromatic heterocycles. The summed E-state index contributed by atoms with van der Waals surface area (Å²) in [6.45, 7) is 13.3. The van der Waals surface area contributed by atoms with Gasteiger partial charge in [0.1, 0.15) is 0 Å². The number of alkyl halides is 3. The van der Waals surface area contributed by atoms with Crippen LogP contribution < -0.4 is 11.1 Å². The fourth-order valence-electron chi connectivity index (χ4n) is 13.0. The fraction of sp³-hybridized carbons (Fsp3) is 0.975. The number of ether oxygens (including phenoxy) is 3. The standard InChI is InChI=1S/C40H66F3N3O5/c1-24-19-28(22-45-25(2)11-16-39(41,42)43)50-34-33(24)37(5)13-6-14-38-15-12-30(51-32-23-46(17-18-49-32)31(47)20-26-7-8-26)36(3,4)29(38)10-9-27(21-38)40(37,44)35(34)48/h24-30,32-35,45,48H,6-23,44H2,1-5H3/t24-,25?,27?,28?,29+,30+,32+,33+,34?,35+,37-,38?,40+/m1/s1. The van der Waals surface area contributed by atoms with Crippen LogP contribution in [0.1, 0.15) is 125 Å². The predicted octanol–water partition coefficient (Wildman–Crippen LogP) is 6.57. The van der Waals surface area contributed by atoms with Gasteiger partial charge in [0, 0.05) is 32.0 Å². The number of hydrogen-bond donors (Lipinski definition) is 3. The van der Waals surface area contributed by atoms with E-state index >= 15 is 0 Å². The van der Waals surface area contributed by atoms with Crippen LogP contribution in [0, 0.1) is 45.8 Å². The Morgan fingerprint density at radius 1 is 1.12 bits per heavy atom. The van der Waals surface area contributed by atoms with Crippen LogP contribution in [0.4, 0.5) is 13.2 Å². The summed E-state index contributed by atoms with van der Waals surface area (Å²) in [4.78, 5) is 14.8. The molecule has 2 saturated heterocycles. The average Bonchev–Trinajstić information content (AvgIpc) is 3.87. The van der Waals surface area contributed by atoms with Crippen molar-refractivity contribution in [2.45, 2.75) is 173 Å². The van der Waals surface area contributed by atoms with Crippen molar-refractivity contribution in [3.63, 3.8) is 0 Å². The van der Waals surface area contributed by atoms with Gasteiger partial charge in [-0.3, -0.25) is 4.79 Å². The Labute approximate surface area is 303 Å². The van der Waals surface area contributed by atoms with Crippen LogP contribution in [0.25, 0.3) is 0 Å². The molecule has 2 aliphatic heterocycles. The number of rotatable bonds is 9. The minimum Gasteiger partial charge on any atom is -0.388 e. The lowest BCUT2D eigenvalue weighted by Gasteiger charge is -2.64. The summed E-state index contributed by atoms with van der Waals surface area (Å²) in [5, 5.41) is 15.6. The second kappa shape index (κ2) is 13.9. The Hall–Kier alpha value is -0.980. The van der Waals surface area contributed by atoms with E-state index in [-0.39, 0.29) is 77.0 Å². The molecule has 0 aromatic rings. The maximum atomic E-state index is 12.9. The highest BCUT2D eigenvalue weighted by atomic mass is 19.4. The summed E-state index contributed by atoms with van der Waals surface area (Å²) >= 11 is 0. The van der Waals surface area contributed by atoms with Crippen LogP contribution in [0.15, 0.2) is 0 Å². The molecular weight excluding hydrogens is 659 g/mol. The zero-order valence-corrected chi connectivity index (χ0v) is 31.8. The van der Waals surface area contributed by atoms with Crippen molar-refractivity contribution in [1.29, 1.82) is 0 Å². The van der Waals surface area contributed by atoms with Crippen LogP contribution in [0.2, 0.25) is 0 Å². The van der Waals surface area contributed by atoms with Gasteiger partial charge in [0.25, 0.3) is 0 Å². The molecule has 13 atom stereocenters. The highest BCUT2D eigenvalue weighted by Gasteiger charge is 2.72. The summed E-state index contributed by atoms with van der Waals surface area (Å²) in [6.07, 6.45) is 5.42. The van der Waals surface area contributed by atoms with Crippen molar-refractivity contribution in [2.75, 3.05) is 26.2 Å². The Morgan fingerprint density at radius 3 is 2.61 bits per heavy atom. The number of hydrogen-bond acceptors (Lipinski definition) is 7. The molecule has 292 valence electrons. The largest absolute Gasteiger partial charge is 0.389 e. The Bertz CT molecular complexity index is 1270. The molecule has 5 saturated carbocycles. The minimum atomic E-state index is -4.16. The number of nitrogens with one attached hydrogen (secondary N) is 1. The monoisotopic (exact) mass is 725 g/mol. The summed E-state index contributed by atoms with van der Waals surface area (Å²) in [5.74, 6) is 1.87. The van der Waals surface area contributed by atoms with Crippen molar-refractivity contribution >= 4 is 5.91 Å². The number of amides is 1. The average molecular weight is 726 g/mol. The topological polar surface area (TPSA) is 106 Å². The van der Waals surface area contributed by atoms with Gasteiger partial charge in [-0.2, -0.15) is 13.2 Å². The first-order chi connectivity index (χ1) is 24.0. The van der Waals surface area contributed by atoms with E-state index in [0.29, 0.717) is 44.5 Å². The van der Waals surface area contributed by atoms with Crippen LogP contribution in [-0.2, 0) is 19.0 Å². The van der Waals surface area contributed by atoms with Crippen LogP contribution in [0.3, 0.4) is 0 Å². The molecule has 11 heteroatoms. The summed E-state index contributed by atoms with van der Waals surface area (Å²) in [5.41, 5.74) is 6.73. The molecule has 0 aromatic carbocycles. The summed E-state index contributed by atoms with van der Waals surface area (Å²) in [6, 6.07) is -0.271. The summed E-state index contributed by atoms with van der Waals surface area (Å²) < 4.78 is 58.0. The highest BCUT2D eigenvalue weighted by Crippen LogP contribution is 2.69. The highest BCUT2D eigenvalue weighted by molar-refractivity contribution is 5.76. The molecule has 7 fully saturated rings. The molecular formula is C40H66F3N3O5. The van der Waals surface area contributed by atoms with E-state index in [9.17, 15) is 23.1 Å². The maximum absolute atomic E-state index is 12.9. The normalized spacial score (nSPS) is 45.9. The zero-order chi connectivity index (χ0) is 36.6. The van der Waals surface area contributed by atoms with E-state index in [1.165, 1.54) is 12.8 Å². The SMILES string of the molecule is CC(CCC(F)(F)F)NCC1C[C@@H](C)[C@H]2C(O1)[C@H](O)[C@@]1(N)C3CC[C@@H]4C(CCC[C@]21C)(CC[C@H](O[C@H]1CN(C(=O)CC2CC2)CCO1)C4(C)C)C3. The molecule has 2 bridgehead atoms. The van der Waals surface area contributed by atoms with Crippen LogP contribution >= 0.6 is 0 Å². The maximum Gasteiger partial charge on any atom is 0.389 e. The van der Waals surface area contributed by atoms with Crippen molar-refractivity contribution in [1.82, 2.24) is 10.2 Å². The third-order valence-corrected chi connectivity index (χ3v) is 15.8. The lowest BCUT2D eigenvalue weighted by atomic mass is 9.43. The molecule has 2 heterocycles. The second-order valence-electron chi connectivity index (χ2n) is 19.2. The molecule has 8 nitrogen and oxygen atoms in total. The first kappa shape index (κ1) is 38.3. The first-order valence-electron chi connectivity index (χ1n) is 20.4. The van der Waals surface area contributed by atoms with Gasteiger partial charge in [0.05, 0.1) is 43.1 Å². The molecule has 1 spiro atoms. The van der Waals surface area contributed by atoms with Gasteiger partial charge in [-0.1, -0.05) is 34.1 Å². The molecule has 7 rings (SSSR count). The molecule has 0 radical (unpaired) electrons. The molecule has 5 unspecified atom stereocenters. The van der Waals surface area contributed by atoms with Crippen molar-refractivity contribution in [2.24, 2.45) is 51.6 Å². The third kappa shape index (κ3) is 7.05. The fourth-order valence-corrected chi connectivity index (χ4v) is 13.0. The molecule has 4 N–H and O–H groups in total. The molecule has 1 amide bonds. The number of aliphatic hydroxyl groups excluding tert-OH is 1. The summed E-state index contributed by atoms with van der Waals surface area (Å²) in [7, 11) is 0. The number of carbonyl (C=O) groups is 1. The van der Waals surface area contributed by atoms with Crippen molar-refractivity contribution in [3.05, 3.63) is 0 Å². The van der Waals surface area contributed by atoms with Gasteiger partial charge < -0.3 is 35.3 Å². The molecule has 51 heavy (non-hydrogen) atoms. The van der Waals surface area contributed by atoms with E-state index in [2.05, 4.69) is 33.0 Å². The second-order valence-corrected chi connectivity index (χ2v) is 19.2. The quantitative estimate of drug-likeness (QED) is 0.247. The van der Waals surface area contributed by atoms with Gasteiger partial charge in [-0.25, -0.2) is 0 Å². The smallest absolute Gasteiger partial charge is 0.388 e. The number of carbonyl (C=O) groups excluding carboxylic acids is 1. The predicted molar refractivity (Wildman–Crippen MR) is 188 cm³/mol. The Balaban J connectivity index is 1.02. The first-order valence-corrected chi connectivity index (χ1v) is 20.4. The van der Waals surface area contributed by atoms with E-state index in [1.54, 1.807) is 6.92 Å².